The van der Waals surface area contributed by atoms with Crippen molar-refractivity contribution in [2.75, 3.05) is 0 Å². The molecule has 0 heterocycles. The van der Waals surface area contributed by atoms with Gasteiger partial charge in [-0.3, -0.25) is 0 Å². The molecule has 1 aromatic rings. The summed E-state index contributed by atoms with van der Waals surface area (Å²) in [5.74, 6) is 0.856. The van der Waals surface area contributed by atoms with Crippen LogP contribution in [0.2, 0.25) is 0 Å². The lowest BCUT2D eigenvalue weighted by molar-refractivity contribution is 1.05. The Morgan fingerprint density at radius 2 is 2.07 bits per heavy atom. The van der Waals surface area contributed by atoms with E-state index in [4.69, 9.17) is 0 Å². The van der Waals surface area contributed by atoms with Gasteiger partial charge in [-0.2, -0.15) is 0 Å². The smallest absolute Gasteiger partial charge is 0.0159 e. The Balaban J connectivity index is 2.49. The third-order valence-electron chi connectivity index (χ3n) is 3.35. The largest absolute Gasteiger partial charge is 0.0955 e. The highest BCUT2D eigenvalue weighted by molar-refractivity contribution is 5.66. The van der Waals surface area contributed by atoms with Crippen LogP contribution in [-0.4, -0.2) is 0 Å². The molecule has 0 aromatic heterocycles. The van der Waals surface area contributed by atoms with Crippen LogP contribution in [0.4, 0.5) is 0 Å². The number of benzene rings is 1. The summed E-state index contributed by atoms with van der Waals surface area (Å²) in [7, 11) is 0. The lowest BCUT2D eigenvalue weighted by atomic mass is 9.92. The second-order valence-corrected chi connectivity index (χ2v) is 4.77. The van der Waals surface area contributed by atoms with E-state index >= 15 is 0 Å². The van der Waals surface area contributed by atoms with Gasteiger partial charge in [-0.15, -0.1) is 0 Å². The van der Waals surface area contributed by atoms with Crippen LogP contribution < -0.4 is 0 Å². The molecule has 1 aromatic carbocycles. The van der Waals surface area contributed by atoms with E-state index in [-0.39, 0.29) is 0 Å². The van der Waals surface area contributed by atoms with Gasteiger partial charge in [0.15, 0.2) is 0 Å². The van der Waals surface area contributed by atoms with Gasteiger partial charge in [-0.1, -0.05) is 31.2 Å². The number of hydrogen-bond donors (Lipinski definition) is 0. The van der Waals surface area contributed by atoms with Crippen molar-refractivity contribution >= 4 is 5.57 Å². The van der Waals surface area contributed by atoms with Crippen LogP contribution in [0.15, 0.2) is 18.7 Å². The summed E-state index contributed by atoms with van der Waals surface area (Å²) in [6, 6.07) is 4.74. The number of hydrogen-bond acceptors (Lipinski definition) is 0. The second-order valence-electron chi connectivity index (χ2n) is 4.77. The van der Waals surface area contributed by atoms with Crippen molar-refractivity contribution in [3.8, 4) is 0 Å². The zero-order chi connectivity index (χ0) is 11.0. The summed E-state index contributed by atoms with van der Waals surface area (Å²) in [6.45, 7) is 10.6. The molecule has 0 N–H and O–H groups in total. The van der Waals surface area contributed by atoms with Crippen molar-refractivity contribution in [3.05, 3.63) is 41.0 Å². The Kier molecular flexibility index (Phi) is 2.68. The van der Waals surface area contributed by atoms with Gasteiger partial charge < -0.3 is 0 Å². The highest BCUT2D eigenvalue weighted by atomic mass is 14.3. The fourth-order valence-electron chi connectivity index (χ4n) is 2.30. The predicted molar refractivity (Wildman–Crippen MR) is 67.2 cm³/mol. The lowest BCUT2D eigenvalue weighted by Crippen LogP contribution is -1.95. The van der Waals surface area contributed by atoms with E-state index in [1.54, 1.807) is 5.56 Å². The molecule has 15 heavy (non-hydrogen) atoms. The summed E-state index contributed by atoms with van der Waals surface area (Å²) < 4.78 is 0. The van der Waals surface area contributed by atoms with Crippen LogP contribution >= 0.6 is 0 Å². The summed E-state index contributed by atoms with van der Waals surface area (Å²) in [4.78, 5) is 0. The molecule has 0 spiro atoms. The summed E-state index contributed by atoms with van der Waals surface area (Å²) >= 11 is 0. The number of allylic oxidation sites excluding steroid dienone is 1. The highest BCUT2D eigenvalue weighted by Gasteiger charge is 2.25. The van der Waals surface area contributed by atoms with Gasteiger partial charge in [0.05, 0.1) is 0 Å². The minimum absolute atomic E-state index is 0.856. The topological polar surface area (TPSA) is 0 Å². The van der Waals surface area contributed by atoms with E-state index in [0.29, 0.717) is 0 Å². The minimum Gasteiger partial charge on any atom is -0.0955 e. The van der Waals surface area contributed by atoms with Crippen LogP contribution in [-0.2, 0) is 6.42 Å². The minimum atomic E-state index is 0.856. The predicted octanol–water partition coefficient (Wildman–Crippen LogP) is 4.47. The van der Waals surface area contributed by atoms with Crippen molar-refractivity contribution in [3.63, 3.8) is 0 Å². The van der Waals surface area contributed by atoms with E-state index in [9.17, 15) is 0 Å². The molecule has 0 radical (unpaired) electrons. The zero-order valence-electron chi connectivity index (χ0n) is 10.1. The van der Waals surface area contributed by atoms with Crippen LogP contribution in [0.1, 0.15) is 54.9 Å². The standard InChI is InChI=1S/C15H20/c1-5-12-9-15(13-6-7-13)11(4)8-14(12)10(2)3/h8-9,13H,2,5-7H2,1,3-4H3. The Morgan fingerprint density at radius 1 is 1.40 bits per heavy atom. The first-order valence-electron chi connectivity index (χ1n) is 5.92. The number of rotatable bonds is 3. The maximum Gasteiger partial charge on any atom is -0.0159 e. The van der Waals surface area contributed by atoms with Gasteiger partial charge in [0.2, 0.25) is 0 Å². The zero-order valence-corrected chi connectivity index (χ0v) is 10.1. The van der Waals surface area contributed by atoms with Crippen molar-refractivity contribution in [2.24, 2.45) is 0 Å². The van der Waals surface area contributed by atoms with Gasteiger partial charge in [-0.05, 0) is 61.3 Å². The van der Waals surface area contributed by atoms with Crippen LogP contribution in [0.3, 0.4) is 0 Å². The quantitative estimate of drug-likeness (QED) is 0.675. The molecule has 0 nitrogen and oxygen atoms in total. The fourth-order valence-corrected chi connectivity index (χ4v) is 2.30. The van der Waals surface area contributed by atoms with Crippen molar-refractivity contribution < 1.29 is 0 Å². The van der Waals surface area contributed by atoms with E-state index < -0.39 is 0 Å². The molecule has 0 heteroatoms. The van der Waals surface area contributed by atoms with E-state index in [2.05, 4.69) is 39.5 Å². The third kappa shape index (κ3) is 1.99. The van der Waals surface area contributed by atoms with Crippen molar-refractivity contribution in [1.82, 2.24) is 0 Å². The SMILES string of the molecule is C=C(C)c1cc(C)c(C2CC2)cc1CC. The molecule has 1 aliphatic carbocycles. The Morgan fingerprint density at radius 3 is 2.53 bits per heavy atom. The summed E-state index contributed by atoms with van der Waals surface area (Å²) in [5, 5.41) is 0. The van der Waals surface area contributed by atoms with Gasteiger partial charge in [0.1, 0.15) is 0 Å². The van der Waals surface area contributed by atoms with E-state index in [0.717, 1.165) is 12.3 Å². The molecule has 2 rings (SSSR count). The molecule has 1 saturated carbocycles. The first kappa shape index (κ1) is 10.5. The molecule has 0 unspecified atom stereocenters. The molecule has 80 valence electrons. The third-order valence-corrected chi connectivity index (χ3v) is 3.35. The van der Waals surface area contributed by atoms with Gasteiger partial charge >= 0.3 is 0 Å². The van der Waals surface area contributed by atoms with Crippen LogP contribution in [0, 0.1) is 6.92 Å². The molecule has 0 amide bonds. The Bertz CT molecular complexity index is 395. The normalized spacial score (nSPS) is 15.4. The Hall–Kier alpha value is -1.04. The average molecular weight is 200 g/mol. The summed E-state index contributed by atoms with van der Waals surface area (Å²) in [6.07, 6.45) is 3.88. The fraction of sp³-hybridized carbons (Fsp3) is 0.467. The van der Waals surface area contributed by atoms with E-state index in [1.165, 1.54) is 35.1 Å². The van der Waals surface area contributed by atoms with E-state index in [1.807, 2.05) is 0 Å². The molecule has 0 atom stereocenters. The molecule has 0 bridgehead atoms. The first-order chi connectivity index (χ1) is 7.13. The molecular weight excluding hydrogens is 180 g/mol. The molecule has 1 aliphatic rings. The summed E-state index contributed by atoms with van der Waals surface area (Å²) in [5.41, 5.74) is 7.05. The second kappa shape index (κ2) is 3.84. The van der Waals surface area contributed by atoms with Crippen molar-refractivity contribution in [2.45, 2.75) is 46.0 Å². The van der Waals surface area contributed by atoms with Gasteiger partial charge in [0, 0.05) is 0 Å². The van der Waals surface area contributed by atoms with Crippen LogP contribution in [0.5, 0.6) is 0 Å². The molecule has 0 aliphatic heterocycles. The lowest BCUT2D eigenvalue weighted by Gasteiger charge is -2.13. The monoisotopic (exact) mass is 200 g/mol. The average Bonchev–Trinajstić information content (AvgIpc) is 3.00. The maximum absolute atomic E-state index is 4.07. The van der Waals surface area contributed by atoms with Crippen molar-refractivity contribution in [1.29, 1.82) is 0 Å². The van der Waals surface area contributed by atoms with Gasteiger partial charge in [-0.25, -0.2) is 0 Å². The van der Waals surface area contributed by atoms with Gasteiger partial charge in [0.25, 0.3) is 0 Å². The molecular formula is C15H20. The molecule has 1 fully saturated rings. The Labute approximate surface area is 93.0 Å². The number of aryl methyl sites for hydroxylation is 2. The first-order valence-corrected chi connectivity index (χ1v) is 5.92. The molecule has 0 saturated heterocycles. The van der Waals surface area contributed by atoms with Crippen LogP contribution in [0.25, 0.3) is 5.57 Å². The highest BCUT2D eigenvalue weighted by Crippen LogP contribution is 2.42. The maximum atomic E-state index is 4.07.